The van der Waals surface area contributed by atoms with Crippen LogP contribution in [0.1, 0.15) is 6.92 Å². The molecule has 1 heterocycles. The van der Waals surface area contributed by atoms with Gasteiger partial charge >= 0.3 is 0 Å². The predicted molar refractivity (Wildman–Crippen MR) is 60.3 cm³/mol. The Hall–Kier alpha value is -1.69. The molecule has 0 saturated carbocycles. The second-order valence-corrected chi connectivity index (χ2v) is 5.32. The minimum atomic E-state index is -3.34. The van der Waals surface area contributed by atoms with Gasteiger partial charge in [-0.25, -0.2) is 13.4 Å². The second-order valence-electron chi connectivity index (χ2n) is 3.21. The van der Waals surface area contributed by atoms with E-state index in [1.54, 1.807) is 6.92 Å². The van der Waals surface area contributed by atoms with E-state index in [-0.39, 0.29) is 5.75 Å². The Morgan fingerprint density at radius 2 is 1.94 bits per heavy atom. The van der Waals surface area contributed by atoms with Crippen LogP contribution in [0.15, 0.2) is 36.7 Å². The molecule has 0 aliphatic rings. The quantitative estimate of drug-likeness (QED) is 0.803. The molecule has 2 rings (SSSR count). The largest absolute Gasteiger partial charge is 0.254 e. The summed E-state index contributed by atoms with van der Waals surface area (Å²) in [5.41, 5.74) is 0.799. The number of nitrogens with zero attached hydrogens (tertiary/aromatic N) is 3. The molecule has 0 radical (unpaired) electrons. The van der Waals surface area contributed by atoms with Crippen molar-refractivity contribution in [2.24, 2.45) is 0 Å². The van der Waals surface area contributed by atoms with Crippen molar-refractivity contribution < 1.29 is 8.42 Å². The molecule has 16 heavy (non-hydrogen) atoms. The second kappa shape index (κ2) is 4.05. The van der Waals surface area contributed by atoms with Gasteiger partial charge in [-0.3, -0.25) is 0 Å². The molecule has 84 valence electrons. The topological polar surface area (TPSA) is 64.8 Å². The Bertz CT molecular complexity index is 575. The highest BCUT2D eigenvalue weighted by Crippen LogP contribution is 2.13. The third-order valence-electron chi connectivity index (χ3n) is 2.15. The van der Waals surface area contributed by atoms with Crippen LogP contribution in [0.25, 0.3) is 11.4 Å². The molecular formula is C10H11N3O2S. The lowest BCUT2D eigenvalue weighted by atomic mass is 10.2. The summed E-state index contributed by atoms with van der Waals surface area (Å²) in [7, 11) is -3.34. The van der Waals surface area contributed by atoms with Gasteiger partial charge in [-0.1, -0.05) is 30.3 Å². The lowest BCUT2D eigenvalue weighted by Gasteiger charge is -1.97. The molecule has 5 nitrogen and oxygen atoms in total. The molecule has 0 atom stereocenters. The Balaban J connectivity index is 2.42. The smallest absolute Gasteiger partial charge is 0.214 e. The fourth-order valence-electron chi connectivity index (χ4n) is 1.23. The predicted octanol–water partition coefficient (Wildman–Crippen LogP) is 1.14. The first-order valence-electron chi connectivity index (χ1n) is 4.84. The van der Waals surface area contributed by atoms with Crippen LogP contribution in [-0.4, -0.2) is 28.3 Å². The van der Waals surface area contributed by atoms with E-state index < -0.39 is 10.0 Å². The molecule has 0 fully saturated rings. The minimum absolute atomic E-state index is 0.00455. The number of hydrogen-bond acceptors (Lipinski definition) is 4. The van der Waals surface area contributed by atoms with E-state index in [1.165, 1.54) is 6.33 Å². The normalized spacial score (nSPS) is 11.6. The van der Waals surface area contributed by atoms with Gasteiger partial charge in [0.2, 0.25) is 0 Å². The molecule has 0 spiro atoms. The van der Waals surface area contributed by atoms with Gasteiger partial charge in [0.25, 0.3) is 10.0 Å². The van der Waals surface area contributed by atoms with Gasteiger partial charge in [0.1, 0.15) is 6.33 Å². The van der Waals surface area contributed by atoms with Crippen molar-refractivity contribution in [1.29, 1.82) is 0 Å². The molecule has 2 aromatic rings. The zero-order valence-electron chi connectivity index (χ0n) is 8.74. The van der Waals surface area contributed by atoms with Gasteiger partial charge < -0.3 is 0 Å². The third kappa shape index (κ3) is 1.96. The molecule has 1 aromatic carbocycles. The van der Waals surface area contributed by atoms with Crippen LogP contribution in [0.2, 0.25) is 0 Å². The number of benzene rings is 1. The molecule has 6 heteroatoms. The summed E-state index contributed by atoms with van der Waals surface area (Å²) in [5.74, 6) is 0.419. The van der Waals surface area contributed by atoms with E-state index in [4.69, 9.17) is 0 Å². The van der Waals surface area contributed by atoms with E-state index in [2.05, 4.69) is 10.1 Å². The van der Waals surface area contributed by atoms with Gasteiger partial charge in [-0.05, 0) is 6.92 Å². The van der Waals surface area contributed by atoms with Crippen LogP contribution in [0.3, 0.4) is 0 Å². The van der Waals surface area contributed by atoms with Crippen LogP contribution in [0.5, 0.6) is 0 Å². The highest BCUT2D eigenvalue weighted by Gasteiger charge is 2.13. The van der Waals surface area contributed by atoms with Gasteiger partial charge in [0, 0.05) is 5.56 Å². The van der Waals surface area contributed by atoms with Crippen molar-refractivity contribution in [1.82, 2.24) is 14.2 Å². The van der Waals surface area contributed by atoms with E-state index >= 15 is 0 Å². The van der Waals surface area contributed by atoms with Crippen LogP contribution in [-0.2, 0) is 10.0 Å². The van der Waals surface area contributed by atoms with Crippen LogP contribution in [0, 0.1) is 0 Å². The van der Waals surface area contributed by atoms with Crippen molar-refractivity contribution in [3.05, 3.63) is 36.7 Å². The molecule has 0 bridgehead atoms. The van der Waals surface area contributed by atoms with Gasteiger partial charge in [0.05, 0.1) is 5.75 Å². The van der Waals surface area contributed by atoms with E-state index in [0.717, 1.165) is 9.65 Å². The first kappa shape index (κ1) is 10.8. The van der Waals surface area contributed by atoms with E-state index in [9.17, 15) is 8.42 Å². The summed E-state index contributed by atoms with van der Waals surface area (Å²) in [4.78, 5) is 3.97. The third-order valence-corrected chi connectivity index (χ3v) is 3.63. The van der Waals surface area contributed by atoms with Crippen molar-refractivity contribution in [2.75, 3.05) is 5.75 Å². The van der Waals surface area contributed by atoms with E-state index in [1.807, 2.05) is 30.3 Å². The fraction of sp³-hybridized carbons (Fsp3) is 0.200. The zero-order chi connectivity index (χ0) is 11.6. The summed E-state index contributed by atoms with van der Waals surface area (Å²) in [5, 5.41) is 3.94. The Morgan fingerprint density at radius 1 is 1.25 bits per heavy atom. The maximum atomic E-state index is 11.5. The molecule has 0 unspecified atom stereocenters. The Kier molecular flexibility index (Phi) is 2.74. The summed E-state index contributed by atoms with van der Waals surface area (Å²) < 4.78 is 23.9. The molecule has 0 aliphatic heterocycles. The summed E-state index contributed by atoms with van der Waals surface area (Å²) in [6.45, 7) is 1.57. The summed E-state index contributed by atoms with van der Waals surface area (Å²) in [6, 6.07) is 9.24. The first-order chi connectivity index (χ1) is 7.63. The average molecular weight is 237 g/mol. The lowest BCUT2D eigenvalue weighted by Crippen LogP contribution is -2.15. The van der Waals surface area contributed by atoms with Gasteiger partial charge in [-0.15, -0.1) is 9.19 Å². The van der Waals surface area contributed by atoms with Gasteiger partial charge in [0.15, 0.2) is 5.82 Å². The summed E-state index contributed by atoms with van der Waals surface area (Å²) >= 11 is 0. The molecule has 1 aromatic heterocycles. The molecule has 0 aliphatic carbocycles. The minimum Gasteiger partial charge on any atom is -0.214 e. The Labute approximate surface area is 93.8 Å². The lowest BCUT2D eigenvalue weighted by molar-refractivity contribution is 0.581. The maximum absolute atomic E-state index is 11.5. The standard InChI is InChI=1S/C10H11N3O2S/c1-2-16(14,15)13-8-11-10(12-13)9-6-4-3-5-7-9/h3-8H,2H2,1H3. The van der Waals surface area contributed by atoms with Crippen LogP contribution in [0.4, 0.5) is 0 Å². The molecular weight excluding hydrogens is 226 g/mol. The van der Waals surface area contributed by atoms with E-state index in [0.29, 0.717) is 5.82 Å². The average Bonchev–Trinajstić information content (AvgIpc) is 2.80. The monoisotopic (exact) mass is 237 g/mol. The summed E-state index contributed by atoms with van der Waals surface area (Å²) in [6.07, 6.45) is 1.22. The highest BCUT2D eigenvalue weighted by atomic mass is 32.2. The van der Waals surface area contributed by atoms with Crippen molar-refractivity contribution in [2.45, 2.75) is 6.92 Å². The highest BCUT2D eigenvalue weighted by molar-refractivity contribution is 7.89. The number of rotatable bonds is 3. The molecule has 0 saturated heterocycles. The maximum Gasteiger partial charge on any atom is 0.254 e. The van der Waals surface area contributed by atoms with Crippen LogP contribution >= 0.6 is 0 Å². The van der Waals surface area contributed by atoms with Gasteiger partial charge in [-0.2, -0.15) is 0 Å². The number of hydrogen-bond donors (Lipinski definition) is 0. The van der Waals surface area contributed by atoms with Crippen molar-refractivity contribution >= 4 is 10.0 Å². The molecule has 0 N–H and O–H groups in total. The molecule has 0 amide bonds. The zero-order valence-corrected chi connectivity index (χ0v) is 9.55. The first-order valence-corrected chi connectivity index (χ1v) is 6.45. The van der Waals surface area contributed by atoms with Crippen molar-refractivity contribution in [3.8, 4) is 11.4 Å². The fourth-order valence-corrected chi connectivity index (χ4v) is 1.89. The SMILES string of the molecule is CCS(=O)(=O)n1cnc(-c2ccccc2)n1. The van der Waals surface area contributed by atoms with Crippen LogP contribution < -0.4 is 0 Å². The number of aromatic nitrogens is 3. The van der Waals surface area contributed by atoms with Crippen molar-refractivity contribution in [3.63, 3.8) is 0 Å². The Morgan fingerprint density at radius 3 is 2.56 bits per heavy atom.